The van der Waals surface area contributed by atoms with Crippen LogP contribution in [0.15, 0.2) is 146 Å². The summed E-state index contributed by atoms with van der Waals surface area (Å²) in [6.07, 6.45) is 3.62. The van der Waals surface area contributed by atoms with Crippen LogP contribution in [0.25, 0.3) is 67.1 Å². The highest BCUT2D eigenvalue weighted by atomic mass is 15.1. The standard InChI is InChI=1S/C38H28N6/c39-35-29-9-1-3-13-33(29)43(27-19-15-25(16-20-27)31-11-5-7-23-41-31)37(35)38-36(40)30-10-2-4-14-34(30)44(38)28-21-17-26(18-22-28)32-12-6-8-24-42-32/h1-24H,39-40H2. The maximum atomic E-state index is 7.06. The second-order valence-corrected chi connectivity index (χ2v) is 10.8. The molecule has 0 spiro atoms. The monoisotopic (exact) mass is 568 g/mol. The van der Waals surface area contributed by atoms with Crippen LogP contribution in [0.3, 0.4) is 0 Å². The summed E-state index contributed by atoms with van der Waals surface area (Å²) in [4.78, 5) is 9.05. The number of aromatic nitrogens is 4. The summed E-state index contributed by atoms with van der Waals surface area (Å²) in [5.41, 5.74) is 25.1. The number of nitrogens with zero attached hydrogens (tertiary/aromatic N) is 4. The molecular weight excluding hydrogens is 540 g/mol. The molecule has 6 nitrogen and oxygen atoms in total. The second-order valence-electron chi connectivity index (χ2n) is 10.8. The van der Waals surface area contributed by atoms with Gasteiger partial charge in [-0.05, 0) is 60.7 Å². The number of pyridine rings is 2. The van der Waals surface area contributed by atoms with E-state index >= 15 is 0 Å². The number of anilines is 2. The lowest BCUT2D eigenvalue weighted by molar-refractivity contribution is 1.07. The normalized spacial score (nSPS) is 11.4. The lowest BCUT2D eigenvalue weighted by Gasteiger charge is -2.17. The molecule has 0 aliphatic carbocycles. The first-order chi connectivity index (χ1) is 21.7. The minimum absolute atomic E-state index is 0.676. The van der Waals surface area contributed by atoms with Crippen LogP contribution >= 0.6 is 0 Å². The third-order valence-electron chi connectivity index (χ3n) is 8.22. The Labute approximate surface area is 254 Å². The van der Waals surface area contributed by atoms with Crippen LogP contribution in [0.5, 0.6) is 0 Å². The molecule has 4 heterocycles. The summed E-state index contributed by atoms with van der Waals surface area (Å²) in [5.74, 6) is 0. The summed E-state index contributed by atoms with van der Waals surface area (Å²) >= 11 is 0. The molecule has 0 aliphatic rings. The predicted octanol–water partition coefficient (Wildman–Crippen LogP) is 8.53. The van der Waals surface area contributed by atoms with Gasteiger partial charge in [-0.25, -0.2) is 0 Å². The third-order valence-corrected chi connectivity index (χ3v) is 8.22. The van der Waals surface area contributed by atoms with E-state index in [0.717, 1.165) is 67.1 Å². The van der Waals surface area contributed by atoms with Crippen molar-refractivity contribution in [3.63, 3.8) is 0 Å². The van der Waals surface area contributed by atoms with Crippen molar-refractivity contribution >= 4 is 33.2 Å². The smallest absolute Gasteiger partial charge is 0.0964 e. The number of nitrogen functional groups attached to an aromatic ring is 2. The van der Waals surface area contributed by atoms with E-state index in [9.17, 15) is 0 Å². The summed E-state index contributed by atoms with van der Waals surface area (Å²) < 4.78 is 4.44. The number of nitrogens with two attached hydrogens (primary N) is 2. The molecule has 0 amide bonds. The largest absolute Gasteiger partial charge is 0.396 e. The van der Waals surface area contributed by atoms with Gasteiger partial charge >= 0.3 is 0 Å². The zero-order valence-corrected chi connectivity index (χ0v) is 23.8. The van der Waals surface area contributed by atoms with Crippen molar-refractivity contribution in [2.75, 3.05) is 11.5 Å². The summed E-state index contributed by atoms with van der Waals surface area (Å²) in [6, 6.07) is 45.2. The molecule has 210 valence electrons. The average molecular weight is 569 g/mol. The van der Waals surface area contributed by atoms with Gasteiger partial charge in [-0.2, -0.15) is 0 Å². The van der Waals surface area contributed by atoms with Crippen molar-refractivity contribution in [2.24, 2.45) is 0 Å². The second kappa shape index (κ2) is 10.3. The zero-order valence-electron chi connectivity index (χ0n) is 23.8. The molecule has 0 fully saturated rings. The van der Waals surface area contributed by atoms with Gasteiger partial charge in [0.15, 0.2) is 0 Å². The van der Waals surface area contributed by atoms with E-state index in [0.29, 0.717) is 11.4 Å². The minimum Gasteiger partial charge on any atom is -0.396 e. The number of para-hydroxylation sites is 2. The third kappa shape index (κ3) is 4.04. The van der Waals surface area contributed by atoms with Gasteiger partial charge in [-0.15, -0.1) is 0 Å². The van der Waals surface area contributed by atoms with Crippen molar-refractivity contribution < 1.29 is 0 Å². The molecule has 4 aromatic carbocycles. The van der Waals surface area contributed by atoms with Gasteiger partial charge in [-0.1, -0.05) is 72.8 Å². The molecule has 6 heteroatoms. The van der Waals surface area contributed by atoms with Crippen LogP contribution in [-0.2, 0) is 0 Å². The van der Waals surface area contributed by atoms with Gasteiger partial charge in [-0.3, -0.25) is 9.97 Å². The maximum Gasteiger partial charge on any atom is 0.0964 e. The molecule has 0 saturated carbocycles. The Balaban J connectivity index is 1.38. The topological polar surface area (TPSA) is 87.7 Å². The number of rotatable bonds is 5. The fourth-order valence-corrected chi connectivity index (χ4v) is 6.16. The first kappa shape index (κ1) is 25.6. The lowest BCUT2D eigenvalue weighted by Crippen LogP contribution is -2.05. The summed E-state index contributed by atoms with van der Waals surface area (Å²) in [5, 5.41) is 1.94. The van der Waals surface area contributed by atoms with Crippen molar-refractivity contribution in [2.45, 2.75) is 0 Å². The van der Waals surface area contributed by atoms with E-state index in [1.54, 1.807) is 0 Å². The van der Waals surface area contributed by atoms with E-state index in [1.165, 1.54) is 0 Å². The number of hydrogen-bond acceptors (Lipinski definition) is 4. The van der Waals surface area contributed by atoms with Crippen molar-refractivity contribution in [1.82, 2.24) is 19.1 Å². The Hall–Kier alpha value is -6.14. The van der Waals surface area contributed by atoms with Gasteiger partial charge in [0.05, 0.1) is 45.2 Å². The molecule has 0 radical (unpaired) electrons. The molecule has 0 atom stereocenters. The lowest BCUT2D eigenvalue weighted by atomic mass is 10.1. The molecule has 8 aromatic rings. The molecule has 0 aliphatic heterocycles. The first-order valence-electron chi connectivity index (χ1n) is 14.5. The van der Waals surface area contributed by atoms with E-state index in [-0.39, 0.29) is 0 Å². The Kier molecular flexibility index (Phi) is 5.98. The van der Waals surface area contributed by atoms with Gasteiger partial charge in [0, 0.05) is 45.7 Å². The van der Waals surface area contributed by atoms with E-state index < -0.39 is 0 Å². The summed E-state index contributed by atoms with van der Waals surface area (Å²) in [6.45, 7) is 0. The fraction of sp³-hybridized carbons (Fsp3) is 0. The van der Waals surface area contributed by atoms with Crippen LogP contribution in [0.2, 0.25) is 0 Å². The first-order valence-corrected chi connectivity index (χ1v) is 14.5. The Morgan fingerprint density at radius 1 is 0.409 bits per heavy atom. The number of fused-ring (bicyclic) bond motifs is 2. The van der Waals surface area contributed by atoms with Crippen LogP contribution in [0.1, 0.15) is 0 Å². The van der Waals surface area contributed by atoms with Crippen LogP contribution in [0.4, 0.5) is 11.4 Å². The van der Waals surface area contributed by atoms with Crippen molar-refractivity contribution in [3.8, 4) is 45.3 Å². The molecule has 4 aromatic heterocycles. The Morgan fingerprint density at radius 2 is 0.795 bits per heavy atom. The van der Waals surface area contributed by atoms with Crippen LogP contribution in [-0.4, -0.2) is 19.1 Å². The fourth-order valence-electron chi connectivity index (χ4n) is 6.16. The van der Waals surface area contributed by atoms with Crippen molar-refractivity contribution in [1.29, 1.82) is 0 Å². The molecule has 0 unspecified atom stereocenters. The Bertz CT molecular complexity index is 2100. The maximum absolute atomic E-state index is 7.06. The van der Waals surface area contributed by atoms with Crippen molar-refractivity contribution in [3.05, 3.63) is 146 Å². The van der Waals surface area contributed by atoms with E-state index in [2.05, 4.69) is 91.9 Å². The van der Waals surface area contributed by atoms with Gasteiger partial charge in [0.1, 0.15) is 0 Å². The molecule has 8 rings (SSSR count). The van der Waals surface area contributed by atoms with Crippen LogP contribution in [0, 0.1) is 0 Å². The van der Waals surface area contributed by atoms with Crippen LogP contribution < -0.4 is 11.5 Å². The predicted molar refractivity (Wildman–Crippen MR) is 181 cm³/mol. The SMILES string of the molecule is Nc1c(-c2c(N)c3ccccc3n2-c2ccc(-c3ccccn3)cc2)n(-c2ccc(-c3ccccn3)cc2)c2ccccc12. The van der Waals surface area contributed by atoms with Gasteiger partial charge in [0.25, 0.3) is 0 Å². The summed E-state index contributed by atoms with van der Waals surface area (Å²) in [7, 11) is 0. The molecule has 44 heavy (non-hydrogen) atoms. The van der Waals surface area contributed by atoms with Gasteiger partial charge in [0.2, 0.25) is 0 Å². The average Bonchev–Trinajstić information content (AvgIpc) is 3.55. The van der Waals surface area contributed by atoms with E-state index in [1.807, 2.05) is 73.1 Å². The molecule has 0 bridgehead atoms. The van der Waals surface area contributed by atoms with E-state index in [4.69, 9.17) is 11.5 Å². The number of benzene rings is 4. The highest BCUT2D eigenvalue weighted by Crippen LogP contribution is 2.45. The molecule has 0 saturated heterocycles. The minimum atomic E-state index is 0.676. The quantitative estimate of drug-likeness (QED) is 0.218. The highest BCUT2D eigenvalue weighted by molar-refractivity contribution is 6.09. The number of hydrogen-bond donors (Lipinski definition) is 2. The molecular formula is C38H28N6. The zero-order chi connectivity index (χ0) is 29.6. The molecule has 4 N–H and O–H groups in total. The highest BCUT2D eigenvalue weighted by Gasteiger charge is 2.26. The Morgan fingerprint density at radius 3 is 1.18 bits per heavy atom. The van der Waals surface area contributed by atoms with Gasteiger partial charge < -0.3 is 20.6 Å².